The van der Waals surface area contributed by atoms with Crippen LogP contribution in [0.25, 0.3) is 66.4 Å². The van der Waals surface area contributed by atoms with E-state index in [2.05, 4.69) is 201 Å². The summed E-state index contributed by atoms with van der Waals surface area (Å²) in [6.45, 7) is 4.70. The quantitative estimate of drug-likeness (QED) is 0.174. The molecule has 0 fully saturated rings. The molecule has 0 atom stereocenters. The van der Waals surface area contributed by atoms with Crippen molar-refractivity contribution in [2.45, 2.75) is 19.3 Å². The molecular formula is C51H37NO. The van der Waals surface area contributed by atoms with E-state index in [4.69, 9.17) is 4.42 Å². The highest BCUT2D eigenvalue weighted by Gasteiger charge is 2.36. The molecule has 9 aromatic rings. The second kappa shape index (κ2) is 12.3. The average molecular weight is 680 g/mol. The lowest BCUT2D eigenvalue weighted by molar-refractivity contribution is 0.660. The normalized spacial score (nSPS) is 12.9. The molecule has 0 spiro atoms. The lowest BCUT2D eigenvalue weighted by Gasteiger charge is -2.31. The largest absolute Gasteiger partial charge is 0.456 e. The zero-order valence-corrected chi connectivity index (χ0v) is 29.8. The lowest BCUT2D eigenvalue weighted by Crippen LogP contribution is -2.17. The molecule has 8 aromatic carbocycles. The number of nitrogens with zero attached hydrogens (tertiary/aromatic N) is 1. The molecule has 2 heteroatoms. The van der Waals surface area contributed by atoms with Crippen LogP contribution in [0.4, 0.5) is 17.1 Å². The lowest BCUT2D eigenvalue weighted by atomic mass is 9.82. The molecule has 1 heterocycles. The van der Waals surface area contributed by atoms with Crippen molar-refractivity contribution in [2.24, 2.45) is 0 Å². The fourth-order valence-electron chi connectivity index (χ4n) is 8.55. The average Bonchev–Trinajstić information content (AvgIpc) is 3.70. The van der Waals surface area contributed by atoms with Crippen molar-refractivity contribution in [2.75, 3.05) is 4.90 Å². The van der Waals surface area contributed by atoms with Crippen LogP contribution < -0.4 is 4.90 Å². The number of anilines is 3. The topological polar surface area (TPSA) is 16.4 Å². The van der Waals surface area contributed by atoms with Crippen molar-refractivity contribution < 1.29 is 4.42 Å². The summed E-state index contributed by atoms with van der Waals surface area (Å²) in [7, 11) is 0. The van der Waals surface area contributed by atoms with Crippen LogP contribution in [-0.4, -0.2) is 0 Å². The standard InChI is InChI=1S/C51H37NO/c1-51(2)45-25-13-11-21-40(45)41-30-28-36(32-46(41)51)52(37-29-31-43-42-22-12-14-27-48(42)53-49(43)33-37)47-26-15-24-39(35-18-7-4-8-19-35)50(47)44-23-10-9-20-38(44)34-16-5-3-6-17-34/h3-33H,1-2H3. The van der Waals surface area contributed by atoms with Crippen LogP contribution in [0.1, 0.15) is 25.0 Å². The second-order valence-electron chi connectivity index (χ2n) is 14.5. The van der Waals surface area contributed by atoms with Gasteiger partial charge in [0, 0.05) is 39.2 Å². The minimum absolute atomic E-state index is 0.148. The minimum Gasteiger partial charge on any atom is -0.456 e. The van der Waals surface area contributed by atoms with Gasteiger partial charge in [0.2, 0.25) is 0 Å². The first-order chi connectivity index (χ1) is 26.1. The van der Waals surface area contributed by atoms with Gasteiger partial charge in [-0.05, 0) is 86.5 Å². The fourth-order valence-corrected chi connectivity index (χ4v) is 8.55. The van der Waals surface area contributed by atoms with E-state index < -0.39 is 0 Å². The highest BCUT2D eigenvalue weighted by Crippen LogP contribution is 2.53. The molecule has 2 nitrogen and oxygen atoms in total. The van der Waals surface area contributed by atoms with Crippen LogP contribution in [0.3, 0.4) is 0 Å². The molecule has 0 unspecified atom stereocenters. The molecule has 252 valence electrons. The van der Waals surface area contributed by atoms with Gasteiger partial charge in [0.25, 0.3) is 0 Å². The molecule has 0 amide bonds. The Morgan fingerprint density at radius 3 is 1.75 bits per heavy atom. The van der Waals surface area contributed by atoms with Crippen molar-refractivity contribution in [1.82, 2.24) is 0 Å². The monoisotopic (exact) mass is 679 g/mol. The van der Waals surface area contributed by atoms with Gasteiger partial charge >= 0.3 is 0 Å². The number of hydrogen-bond acceptors (Lipinski definition) is 2. The smallest absolute Gasteiger partial charge is 0.137 e. The Morgan fingerprint density at radius 2 is 0.962 bits per heavy atom. The van der Waals surface area contributed by atoms with E-state index in [-0.39, 0.29) is 5.41 Å². The van der Waals surface area contributed by atoms with Gasteiger partial charge in [-0.1, -0.05) is 159 Å². The van der Waals surface area contributed by atoms with Crippen molar-refractivity contribution in [1.29, 1.82) is 0 Å². The van der Waals surface area contributed by atoms with E-state index >= 15 is 0 Å². The van der Waals surface area contributed by atoms with Gasteiger partial charge in [-0.15, -0.1) is 0 Å². The Morgan fingerprint density at radius 1 is 0.396 bits per heavy atom. The number of furan rings is 1. The summed E-state index contributed by atoms with van der Waals surface area (Å²) in [5.41, 5.74) is 17.2. The molecule has 0 bridgehead atoms. The van der Waals surface area contributed by atoms with Gasteiger partial charge in [-0.3, -0.25) is 0 Å². The number of fused-ring (bicyclic) bond motifs is 6. The molecule has 0 saturated heterocycles. The van der Waals surface area contributed by atoms with Crippen molar-refractivity contribution in [3.05, 3.63) is 199 Å². The Balaban J connectivity index is 1.28. The van der Waals surface area contributed by atoms with Gasteiger partial charge in [0.1, 0.15) is 11.2 Å². The summed E-state index contributed by atoms with van der Waals surface area (Å²) < 4.78 is 6.52. The predicted octanol–water partition coefficient (Wildman–Crippen LogP) is 14.4. The second-order valence-corrected chi connectivity index (χ2v) is 14.5. The molecular weight excluding hydrogens is 643 g/mol. The van der Waals surface area contributed by atoms with Gasteiger partial charge in [-0.2, -0.15) is 0 Å². The molecule has 10 rings (SSSR count). The Hall–Kier alpha value is -6.64. The molecule has 53 heavy (non-hydrogen) atoms. The van der Waals surface area contributed by atoms with E-state index in [0.29, 0.717) is 0 Å². The first kappa shape index (κ1) is 31.1. The fraction of sp³-hybridized carbons (Fsp3) is 0.0588. The highest BCUT2D eigenvalue weighted by atomic mass is 16.3. The molecule has 0 N–H and O–H groups in total. The van der Waals surface area contributed by atoms with E-state index in [1.807, 2.05) is 6.07 Å². The SMILES string of the molecule is CC1(C)c2ccccc2-c2ccc(N(c3ccc4c(c3)oc3ccccc34)c3cccc(-c4ccccc4)c3-c3ccccc3-c3ccccc3)cc21. The van der Waals surface area contributed by atoms with Crippen LogP contribution in [0.5, 0.6) is 0 Å². The minimum atomic E-state index is -0.148. The van der Waals surface area contributed by atoms with Gasteiger partial charge in [0.15, 0.2) is 0 Å². The third kappa shape index (κ3) is 5.02. The molecule has 1 aliphatic rings. The Bertz CT molecular complexity index is 2810. The third-order valence-electron chi connectivity index (χ3n) is 11.1. The molecule has 0 saturated carbocycles. The summed E-state index contributed by atoms with van der Waals surface area (Å²) in [4.78, 5) is 2.44. The van der Waals surface area contributed by atoms with Crippen LogP contribution in [-0.2, 0) is 5.41 Å². The summed E-state index contributed by atoms with van der Waals surface area (Å²) in [6.07, 6.45) is 0. The molecule has 0 aliphatic heterocycles. The summed E-state index contributed by atoms with van der Waals surface area (Å²) in [5, 5.41) is 2.24. The maximum Gasteiger partial charge on any atom is 0.137 e. The van der Waals surface area contributed by atoms with E-state index in [0.717, 1.165) is 39.0 Å². The first-order valence-electron chi connectivity index (χ1n) is 18.4. The molecule has 0 radical (unpaired) electrons. The van der Waals surface area contributed by atoms with Gasteiger partial charge < -0.3 is 9.32 Å². The van der Waals surface area contributed by atoms with Crippen LogP contribution in [0, 0.1) is 0 Å². The maximum absolute atomic E-state index is 6.52. The predicted molar refractivity (Wildman–Crippen MR) is 222 cm³/mol. The summed E-state index contributed by atoms with van der Waals surface area (Å²) >= 11 is 0. The number of rotatable bonds is 6. The third-order valence-corrected chi connectivity index (χ3v) is 11.1. The van der Waals surface area contributed by atoms with Crippen molar-refractivity contribution >= 4 is 39.0 Å². The number of para-hydroxylation sites is 1. The van der Waals surface area contributed by atoms with Crippen LogP contribution >= 0.6 is 0 Å². The van der Waals surface area contributed by atoms with E-state index in [1.54, 1.807) is 0 Å². The van der Waals surface area contributed by atoms with Gasteiger partial charge in [0.05, 0.1) is 5.69 Å². The summed E-state index contributed by atoms with van der Waals surface area (Å²) in [5.74, 6) is 0. The molecule has 1 aliphatic carbocycles. The van der Waals surface area contributed by atoms with E-state index in [1.165, 1.54) is 55.6 Å². The first-order valence-corrected chi connectivity index (χ1v) is 18.4. The van der Waals surface area contributed by atoms with Crippen LogP contribution in [0.15, 0.2) is 192 Å². The van der Waals surface area contributed by atoms with Crippen molar-refractivity contribution in [3.63, 3.8) is 0 Å². The molecule has 1 aromatic heterocycles. The zero-order valence-electron chi connectivity index (χ0n) is 29.8. The zero-order chi connectivity index (χ0) is 35.5. The van der Waals surface area contributed by atoms with Gasteiger partial charge in [-0.25, -0.2) is 0 Å². The Labute approximate surface area is 310 Å². The van der Waals surface area contributed by atoms with Crippen molar-refractivity contribution in [3.8, 4) is 44.5 Å². The van der Waals surface area contributed by atoms with Crippen LogP contribution in [0.2, 0.25) is 0 Å². The summed E-state index contributed by atoms with van der Waals surface area (Å²) in [6, 6.07) is 67.9. The highest BCUT2D eigenvalue weighted by molar-refractivity contribution is 6.07. The number of hydrogen-bond donors (Lipinski definition) is 0. The number of benzene rings is 8. The Kier molecular flexibility index (Phi) is 7.19. The maximum atomic E-state index is 6.52. The van der Waals surface area contributed by atoms with E-state index in [9.17, 15) is 0 Å².